The largest absolute Gasteiger partial charge is 0.357 e. The molecule has 2 amide bonds. The quantitative estimate of drug-likeness (QED) is 0.550. The van der Waals surface area contributed by atoms with Crippen LogP contribution < -0.4 is 4.90 Å². The standard InChI is InChI=1S/C26H26N2O2/c29-25-22-18-13-7-2-1-6-12-17(18)21-19-14-8-9-15-20(19)27-24(21)23(22)26(30)28(25)16-10-4-3-5-11-16/h3-5,8-11,14-15,17-18,22-23,27H,1-2,6-7,12-13H2/t17-,18+,22+,23+/m0/s1. The first-order valence-corrected chi connectivity index (χ1v) is 11.3. The number of anilines is 1. The molecule has 1 saturated heterocycles. The minimum Gasteiger partial charge on any atom is -0.357 e. The summed E-state index contributed by atoms with van der Waals surface area (Å²) in [4.78, 5) is 32.5. The van der Waals surface area contributed by atoms with Crippen LogP contribution in [0.3, 0.4) is 0 Å². The molecule has 6 rings (SSSR count). The highest BCUT2D eigenvalue weighted by molar-refractivity contribution is 6.24. The van der Waals surface area contributed by atoms with Gasteiger partial charge in [-0.15, -0.1) is 0 Å². The molecule has 0 bridgehead atoms. The molecule has 4 nitrogen and oxygen atoms in total. The van der Waals surface area contributed by atoms with Crippen LogP contribution in [0.4, 0.5) is 5.69 Å². The highest BCUT2D eigenvalue weighted by Gasteiger charge is 2.58. The molecular weight excluding hydrogens is 372 g/mol. The number of fused-ring (bicyclic) bond motifs is 8. The number of carbonyl (C=O) groups excluding carboxylic acids is 2. The van der Waals surface area contributed by atoms with E-state index in [2.05, 4.69) is 23.2 Å². The average Bonchev–Trinajstić information content (AvgIpc) is 3.24. The topological polar surface area (TPSA) is 53.2 Å². The van der Waals surface area contributed by atoms with E-state index in [1.807, 2.05) is 36.4 Å². The summed E-state index contributed by atoms with van der Waals surface area (Å²) in [6.07, 6.45) is 6.97. The maximum Gasteiger partial charge on any atom is 0.243 e. The number of amides is 2. The number of carbonyl (C=O) groups is 2. The average molecular weight is 399 g/mol. The first-order valence-electron chi connectivity index (χ1n) is 11.3. The first kappa shape index (κ1) is 17.9. The van der Waals surface area contributed by atoms with Crippen LogP contribution in [0.2, 0.25) is 0 Å². The molecule has 1 saturated carbocycles. The Balaban J connectivity index is 1.56. The summed E-state index contributed by atoms with van der Waals surface area (Å²) in [5.41, 5.74) is 4.10. The van der Waals surface area contributed by atoms with Crippen LogP contribution in [0.15, 0.2) is 54.6 Å². The molecule has 152 valence electrons. The summed E-state index contributed by atoms with van der Waals surface area (Å²) in [5, 5.41) is 1.24. The third-order valence-corrected chi connectivity index (χ3v) is 7.60. The zero-order valence-corrected chi connectivity index (χ0v) is 17.0. The minimum atomic E-state index is -0.388. The van der Waals surface area contributed by atoms with Gasteiger partial charge in [-0.2, -0.15) is 0 Å². The zero-order valence-electron chi connectivity index (χ0n) is 17.0. The van der Waals surface area contributed by atoms with Crippen molar-refractivity contribution in [2.75, 3.05) is 4.90 Å². The van der Waals surface area contributed by atoms with Crippen LogP contribution in [0.1, 0.15) is 61.6 Å². The van der Waals surface area contributed by atoms with E-state index in [9.17, 15) is 9.59 Å². The third-order valence-electron chi connectivity index (χ3n) is 7.60. The van der Waals surface area contributed by atoms with Gasteiger partial charge in [0, 0.05) is 16.6 Å². The van der Waals surface area contributed by atoms with Gasteiger partial charge >= 0.3 is 0 Å². The summed E-state index contributed by atoms with van der Waals surface area (Å²) in [7, 11) is 0. The molecule has 1 aliphatic heterocycles. The van der Waals surface area contributed by atoms with Crippen molar-refractivity contribution in [1.29, 1.82) is 0 Å². The number of H-pyrrole nitrogens is 1. The van der Waals surface area contributed by atoms with Crippen molar-refractivity contribution in [2.45, 2.75) is 50.4 Å². The van der Waals surface area contributed by atoms with Gasteiger partial charge in [0.2, 0.25) is 11.8 Å². The number of para-hydroxylation sites is 2. The van der Waals surface area contributed by atoms with Gasteiger partial charge in [0.15, 0.2) is 0 Å². The normalized spacial score (nSPS) is 28.6. The number of aromatic nitrogens is 1. The highest BCUT2D eigenvalue weighted by atomic mass is 16.2. The van der Waals surface area contributed by atoms with Crippen LogP contribution in [0.25, 0.3) is 10.9 Å². The van der Waals surface area contributed by atoms with E-state index in [1.165, 1.54) is 35.1 Å². The lowest BCUT2D eigenvalue weighted by Crippen LogP contribution is -2.36. The Morgan fingerprint density at radius 3 is 2.37 bits per heavy atom. The maximum absolute atomic E-state index is 13.7. The fraction of sp³-hybridized carbons (Fsp3) is 0.385. The Morgan fingerprint density at radius 1 is 0.800 bits per heavy atom. The van der Waals surface area contributed by atoms with E-state index in [4.69, 9.17) is 0 Å². The Bertz CT molecular complexity index is 1130. The molecule has 2 heterocycles. The fourth-order valence-electron chi connectivity index (χ4n) is 6.39. The first-order chi connectivity index (χ1) is 14.8. The van der Waals surface area contributed by atoms with Crippen LogP contribution >= 0.6 is 0 Å². The zero-order chi connectivity index (χ0) is 20.2. The van der Waals surface area contributed by atoms with Gasteiger partial charge in [0.25, 0.3) is 0 Å². The summed E-state index contributed by atoms with van der Waals surface area (Å²) < 4.78 is 0. The Kier molecular flexibility index (Phi) is 4.08. The van der Waals surface area contributed by atoms with Gasteiger partial charge in [-0.25, -0.2) is 4.90 Å². The van der Waals surface area contributed by atoms with Gasteiger partial charge in [-0.05, 0) is 48.4 Å². The summed E-state index contributed by atoms with van der Waals surface area (Å²) >= 11 is 0. The van der Waals surface area contributed by atoms with E-state index >= 15 is 0 Å². The number of hydrogen-bond acceptors (Lipinski definition) is 2. The van der Waals surface area contributed by atoms with Crippen molar-refractivity contribution >= 4 is 28.4 Å². The molecule has 0 unspecified atom stereocenters. The molecule has 1 aromatic heterocycles. The van der Waals surface area contributed by atoms with E-state index < -0.39 is 0 Å². The summed E-state index contributed by atoms with van der Waals surface area (Å²) in [6, 6.07) is 17.8. The lowest BCUT2D eigenvalue weighted by molar-refractivity contribution is -0.123. The van der Waals surface area contributed by atoms with Crippen LogP contribution in [0.5, 0.6) is 0 Å². The molecule has 1 N–H and O–H groups in total. The number of hydrogen-bond donors (Lipinski definition) is 1. The van der Waals surface area contributed by atoms with E-state index in [0.717, 1.165) is 30.5 Å². The van der Waals surface area contributed by atoms with Gasteiger partial charge in [-0.1, -0.05) is 62.1 Å². The van der Waals surface area contributed by atoms with Crippen molar-refractivity contribution < 1.29 is 9.59 Å². The number of aromatic amines is 1. The lowest BCUT2D eigenvalue weighted by atomic mass is 9.62. The van der Waals surface area contributed by atoms with Crippen LogP contribution in [-0.2, 0) is 9.59 Å². The SMILES string of the molecule is O=C1[C@@H]2[C@@H]3CCCCCC[C@@H]3c3c([nH]c4ccccc34)[C@@H]2C(=O)N1c1ccccc1. The lowest BCUT2D eigenvalue weighted by Gasteiger charge is -2.39. The second-order valence-corrected chi connectivity index (χ2v) is 9.11. The number of rotatable bonds is 1. The molecule has 3 aliphatic rings. The molecule has 4 atom stereocenters. The molecule has 30 heavy (non-hydrogen) atoms. The molecule has 2 fully saturated rings. The van der Waals surface area contributed by atoms with Gasteiger partial charge < -0.3 is 4.98 Å². The minimum absolute atomic E-state index is 0.00363. The van der Waals surface area contributed by atoms with E-state index in [1.54, 1.807) is 0 Å². The number of nitrogens with zero attached hydrogens (tertiary/aromatic N) is 1. The number of benzene rings is 2. The highest BCUT2D eigenvalue weighted by Crippen LogP contribution is 2.56. The molecule has 3 aromatic rings. The number of imide groups is 1. The maximum atomic E-state index is 13.7. The summed E-state index contributed by atoms with van der Waals surface area (Å²) in [6.45, 7) is 0. The Morgan fingerprint density at radius 2 is 1.53 bits per heavy atom. The second kappa shape index (κ2) is 6.83. The predicted octanol–water partition coefficient (Wildman–Crippen LogP) is 5.51. The van der Waals surface area contributed by atoms with E-state index in [0.29, 0.717) is 11.6 Å². The molecular formula is C26H26N2O2. The van der Waals surface area contributed by atoms with Crippen molar-refractivity contribution in [1.82, 2.24) is 4.98 Å². The van der Waals surface area contributed by atoms with Gasteiger partial charge in [0.1, 0.15) is 0 Å². The van der Waals surface area contributed by atoms with Crippen molar-refractivity contribution in [3.63, 3.8) is 0 Å². The Hall–Kier alpha value is -2.88. The van der Waals surface area contributed by atoms with Gasteiger partial charge in [-0.3, -0.25) is 9.59 Å². The Labute approximate surface area is 176 Å². The molecule has 2 aliphatic carbocycles. The molecule has 4 heteroatoms. The van der Waals surface area contributed by atoms with Crippen LogP contribution in [0, 0.1) is 11.8 Å². The predicted molar refractivity (Wildman–Crippen MR) is 117 cm³/mol. The van der Waals surface area contributed by atoms with E-state index in [-0.39, 0.29) is 29.6 Å². The molecule has 0 radical (unpaired) electrons. The summed E-state index contributed by atoms with van der Waals surface area (Å²) in [5.74, 6) is -0.111. The smallest absolute Gasteiger partial charge is 0.243 e. The second-order valence-electron chi connectivity index (χ2n) is 9.11. The van der Waals surface area contributed by atoms with Crippen LogP contribution in [-0.4, -0.2) is 16.8 Å². The third kappa shape index (κ3) is 2.46. The van der Waals surface area contributed by atoms with Crippen molar-refractivity contribution in [3.8, 4) is 0 Å². The van der Waals surface area contributed by atoms with Crippen molar-refractivity contribution in [2.24, 2.45) is 11.8 Å². The van der Waals surface area contributed by atoms with Crippen molar-refractivity contribution in [3.05, 3.63) is 65.9 Å². The molecule has 0 spiro atoms. The van der Waals surface area contributed by atoms with Gasteiger partial charge in [0.05, 0.1) is 17.5 Å². The monoisotopic (exact) mass is 398 g/mol. The molecule has 2 aromatic carbocycles. The number of nitrogens with one attached hydrogen (secondary N) is 1. The fourth-order valence-corrected chi connectivity index (χ4v) is 6.39.